The molecule has 1 fully saturated rings. The monoisotopic (exact) mass is 197 g/mol. The maximum atomic E-state index is 6.16. The predicted octanol–water partition coefficient (Wildman–Crippen LogP) is -0.739. The van der Waals surface area contributed by atoms with Gasteiger partial charge in [0.1, 0.15) is 0 Å². The summed E-state index contributed by atoms with van der Waals surface area (Å²) in [5.74, 6) is 0.695. The van der Waals surface area contributed by atoms with E-state index in [-0.39, 0.29) is 5.54 Å². The van der Waals surface area contributed by atoms with Crippen molar-refractivity contribution in [3.05, 3.63) is 5.82 Å². The molecule has 1 aliphatic heterocycles. The van der Waals surface area contributed by atoms with Crippen molar-refractivity contribution in [1.82, 2.24) is 20.2 Å². The molecule has 1 aliphatic rings. The molecule has 6 nitrogen and oxygen atoms in total. The van der Waals surface area contributed by atoms with Gasteiger partial charge in [0.25, 0.3) is 0 Å². The van der Waals surface area contributed by atoms with Crippen LogP contribution in [0.2, 0.25) is 0 Å². The van der Waals surface area contributed by atoms with Crippen LogP contribution in [0.5, 0.6) is 0 Å². The molecule has 1 saturated heterocycles. The average Bonchev–Trinajstić information content (AvgIpc) is 2.51. The molecule has 78 valence electrons. The molecule has 1 unspecified atom stereocenters. The summed E-state index contributed by atoms with van der Waals surface area (Å²) in [6, 6.07) is 0. The SMILES string of the molecule is Cn1nnc(CC2(N)CCCOC2)n1. The Kier molecular flexibility index (Phi) is 2.47. The molecule has 0 aliphatic carbocycles. The number of ether oxygens (including phenoxy) is 1. The molecule has 2 rings (SSSR count). The number of hydrogen-bond donors (Lipinski definition) is 1. The van der Waals surface area contributed by atoms with Gasteiger partial charge in [-0.3, -0.25) is 0 Å². The molecule has 0 saturated carbocycles. The Morgan fingerprint density at radius 3 is 3.07 bits per heavy atom. The molecule has 2 heterocycles. The zero-order valence-electron chi connectivity index (χ0n) is 8.31. The van der Waals surface area contributed by atoms with E-state index < -0.39 is 0 Å². The molecule has 0 aromatic carbocycles. The van der Waals surface area contributed by atoms with Gasteiger partial charge >= 0.3 is 0 Å². The van der Waals surface area contributed by atoms with Gasteiger partial charge in [0.15, 0.2) is 5.82 Å². The Morgan fingerprint density at radius 1 is 1.64 bits per heavy atom. The van der Waals surface area contributed by atoms with Crippen LogP contribution in [0.25, 0.3) is 0 Å². The summed E-state index contributed by atoms with van der Waals surface area (Å²) in [5.41, 5.74) is 5.85. The summed E-state index contributed by atoms with van der Waals surface area (Å²) in [6.07, 6.45) is 2.61. The second kappa shape index (κ2) is 3.62. The van der Waals surface area contributed by atoms with Crippen molar-refractivity contribution in [3.8, 4) is 0 Å². The summed E-state index contributed by atoms with van der Waals surface area (Å²) in [6.45, 7) is 1.40. The molecule has 0 amide bonds. The summed E-state index contributed by atoms with van der Waals surface area (Å²) in [4.78, 5) is 1.45. The highest BCUT2D eigenvalue weighted by Crippen LogP contribution is 2.19. The number of nitrogens with two attached hydrogens (primary N) is 1. The lowest BCUT2D eigenvalue weighted by Gasteiger charge is -2.31. The standard InChI is InChI=1S/C8H15N5O/c1-13-11-7(10-12-13)5-8(9)3-2-4-14-6-8/h2-6,9H2,1H3. The lowest BCUT2D eigenvalue weighted by molar-refractivity contribution is 0.0374. The van der Waals surface area contributed by atoms with E-state index in [1.807, 2.05) is 0 Å². The number of nitrogens with zero attached hydrogens (tertiary/aromatic N) is 4. The first-order valence-electron chi connectivity index (χ1n) is 4.77. The third kappa shape index (κ3) is 2.08. The first kappa shape index (κ1) is 9.54. The number of tetrazole rings is 1. The van der Waals surface area contributed by atoms with E-state index in [9.17, 15) is 0 Å². The van der Waals surface area contributed by atoms with Crippen LogP contribution in [0, 0.1) is 0 Å². The highest BCUT2D eigenvalue weighted by Gasteiger charge is 2.30. The highest BCUT2D eigenvalue weighted by molar-refractivity contribution is 4.96. The second-order valence-electron chi connectivity index (χ2n) is 3.89. The van der Waals surface area contributed by atoms with Gasteiger partial charge in [-0.15, -0.1) is 10.2 Å². The van der Waals surface area contributed by atoms with Crippen molar-refractivity contribution in [1.29, 1.82) is 0 Å². The first-order valence-corrected chi connectivity index (χ1v) is 4.77. The molecule has 1 atom stereocenters. The lowest BCUT2D eigenvalue weighted by Crippen LogP contribution is -2.49. The van der Waals surface area contributed by atoms with Crippen LogP contribution >= 0.6 is 0 Å². The summed E-state index contributed by atoms with van der Waals surface area (Å²) >= 11 is 0. The summed E-state index contributed by atoms with van der Waals surface area (Å²) in [7, 11) is 1.75. The molecule has 2 N–H and O–H groups in total. The van der Waals surface area contributed by atoms with Crippen molar-refractivity contribution < 1.29 is 4.74 Å². The smallest absolute Gasteiger partial charge is 0.176 e. The van der Waals surface area contributed by atoms with Crippen LogP contribution in [0.4, 0.5) is 0 Å². The van der Waals surface area contributed by atoms with Gasteiger partial charge in [-0.25, -0.2) is 0 Å². The summed E-state index contributed by atoms with van der Waals surface area (Å²) < 4.78 is 5.36. The Hall–Kier alpha value is -1.01. The zero-order valence-corrected chi connectivity index (χ0v) is 8.31. The maximum absolute atomic E-state index is 6.16. The number of aryl methyl sites for hydroxylation is 1. The number of hydrogen-bond acceptors (Lipinski definition) is 5. The van der Waals surface area contributed by atoms with Gasteiger partial charge in [-0.1, -0.05) is 0 Å². The molecular formula is C8H15N5O. The first-order chi connectivity index (χ1) is 6.68. The minimum Gasteiger partial charge on any atom is -0.380 e. The van der Waals surface area contributed by atoms with Gasteiger partial charge in [0.05, 0.1) is 13.7 Å². The van der Waals surface area contributed by atoms with Crippen LogP contribution < -0.4 is 5.73 Å². The van der Waals surface area contributed by atoms with Crippen molar-refractivity contribution in [2.75, 3.05) is 13.2 Å². The molecule has 1 aromatic heterocycles. The fraction of sp³-hybridized carbons (Fsp3) is 0.875. The van der Waals surface area contributed by atoms with E-state index in [0.29, 0.717) is 18.9 Å². The predicted molar refractivity (Wildman–Crippen MR) is 49.5 cm³/mol. The normalized spacial score (nSPS) is 27.9. The topological polar surface area (TPSA) is 78.9 Å². The van der Waals surface area contributed by atoms with Crippen LogP contribution in [0.3, 0.4) is 0 Å². The van der Waals surface area contributed by atoms with Gasteiger partial charge in [0, 0.05) is 18.6 Å². The molecule has 0 radical (unpaired) electrons. The van der Waals surface area contributed by atoms with Gasteiger partial charge < -0.3 is 10.5 Å². The number of aromatic nitrogens is 4. The second-order valence-corrected chi connectivity index (χ2v) is 3.89. The van der Waals surface area contributed by atoms with Crippen LogP contribution in [0.15, 0.2) is 0 Å². The fourth-order valence-corrected chi connectivity index (χ4v) is 1.72. The number of rotatable bonds is 2. The van der Waals surface area contributed by atoms with Crippen LogP contribution in [-0.2, 0) is 18.2 Å². The molecule has 1 aromatic rings. The lowest BCUT2D eigenvalue weighted by atomic mass is 9.90. The maximum Gasteiger partial charge on any atom is 0.176 e. The van der Waals surface area contributed by atoms with E-state index in [4.69, 9.17) is 10.5 Å². The van der Waals surface area contributed by atoms with Crippen molar-refractivity contribution in [2.45, 2.75) is 24.8 Å². The Bertz CT molecular complexity index is 304. The highest BCUT2D eigenvalue weighted by atomic mass is 16.5. The Labute approximate surface area is 82.4 Å². The fourth-order valence-electron chi connectivity index (χ4n) is 1.72. The third-order valence-electron chi connectivity index (χ3n) is 2.41. The quantitative estimate of drug-likeness (QED) is 0.675. The molecular weight excluding hydrogens is 182 g/mol. The van der Waals surface area contributed by atoms with Crippen LogP contribution in [-0.4, -0.2) is 39.0 Å². The van der Waals surface area contributed by atoms with Crippen molar-refractivity contribution in [3.63, 3.8) is 0 Å². The Morgan fingerprint density at radius 2 is 2.50 bits per heavy atom. The van der Waals surface area contributed by atoms with Crippen molar-refractivity contribution >= 4 is 0 Å². The minimum absolute atomic E-state index is 0.304. The van der Waals surface area contributed by atoms with E-state index >= 15 is 0 Å². The van der Waals surface area contributed by atoms with E-state index in [0.717, 1.165) is 19.4 Å². The van der Waals surface area contributed by atoms with E-state index in [1.165, 1.54) is 4.80 Å². The van der Waals surface area contributed by atoms with E-state index in [2.05, 4.69) is 15.4 Å². The molecule has 0 spiro atoms. The molecule has 14 heavy (non-hydrogen) atoms. The van der Waals surface area contributed by atoms with Crippen molar-refractivity contribution in [2.24, 2.45) is 12.8 Å². The Balaban J connectivity index is 2.01. The summed E-state index contributed by atoms with van der Waals surface area (Å²) in [5, 5.41) is 11.8. The molecule has 6 heteroatoms. The third-order valence-corrected chi connectivity index (χ3v) is 2.41. The van der Waals surface area contributed by atoms with Gasteiger partial charge in [-0.05, 0) is 18.1 Å². The van der Waals surface area contributed by atoms with Gasteiger partial charge in [0.2, 0.25) is 0 Å². The largest absolute Gasteiger partial charge is 0.380 e. The van der Waals surface area contributed by atoms with E-state index in [1.54, 1.807) is 7.05 Å². The van der Waals surface area contributed by atoms with Crippen LogP contribution in [0.1, 0.15) is 18.7 Å². The average molecular weight is 197 g/mol. The minimum atomic E-state index is -0.304. The zero-order chi connectivity index (χ0) is 10.0. The van der Waals surface area contributed by atoms with Gasteiger partial charge in [-0.2, -0.15) is 4.80 Å². The molecule has 0 bridgehead atoms.